The van der Waals surface area contributed by atoms with Crippen LogP contribution in [0.5, 0.6) is 0 Å². The number of anilines is 1. The third kappa shape index (κ3) is 2.84. The zero-order chi connectivity index (χ0) is 13.2. The number of hydrogen-bond donors (Lipinski definition) is 2. The maximum Gasteiger partial charge on any atom is 0.244 e. The number of rotatable bonds is 4. The minimum Gasteiger partial charge on any atom is -0.465 e. The number of sulfonamides is 1. The van der Waals surface area contributed by atoms with Crippen LogP contribution in [0, 0.1) is 6.92 Å². The normalized spacial score (nSPS) is 11.6. The Morgan fingerprint density at radius 3 is 2.56 bits per heavy atom. The summed E-state index contributed by atoms with van der Waals surface area (Å²) >= 11 is 0. The first-order valence-electron chi connectivity index (χ1n) is 5.10. The van der Waals surface area contributed by atoms with Crippen molar-refractivity contribution in [2.45, 2.75) is 18.4 Å². The van der Waals surface area contributed by atoms with Gasteiger partial charge in [0.1, 0.15) is 16.4 Å². The van der Waals surface area contributed by atoms with Crippen molar-refractivity contribution in [1.29, 1.82) is 0 Å². The molecule has 0 saturated heterocycles. The van der Waals surface area contributed by atoms with Gasteiger partial charge in [0, 0.05) is 0 Å². The smallest absolute Gasteiger partial charge is 0.244 e. The second-order valence-electron chi connectivity index (χ2n) is 3.61. The van der Waals surface area contributed by atoms with Crippen molar-refractivity contribution >= 4 is 16.0 Å². The van der Waals surface area contributed by atoms with Crippen LogP contribution >= 0.6 is 0 Å². The third-order valence-corrected chi connectivity index (χ3v) is 3.55. The standard InChI is InChI=1S/C10H12N4O3S/c1-7-2-3-8(17-7)4-14-18(15,16)9-5-12-10(11)13-6-9/h2-3,5-6,14H,4H2,1H3,(H2,11,12,13). The van der Waals surface area contributed by atoms with E-state index in [2.05, 4.69) is 14.7 Å². The molecule has 2 rings (SSSR count). The molecule has 0 unspecified atom stereocenters. The fourth-order valence-electron chi connectivity index (χ4n) is 1.29. The van der Waals surface area contributed by atoms with Gasteiger partial charge in [0.25, 0.3) is 0 Å². The maximum atomic E-state index is 11.9. The van der Waals surface area contributed by atoms with Gasteiger partial charge in [-0.2, -0.15) is 0 Å². The molecule has 0 aliphatic rings. The Hall–Kier alpha value is -1.93. The van der Waals surface area contributed by atoms with E-state index in [4.69, 9.17) is 10.2 Å². The van der Waals surface area contributed by atoms with Crippen LogP contribution in [0.15, 0.2) is 33.8 Å². The van der Waals surface area contributed by atoms with Gasteiger partial charge in [-0.1, -0.05) is 0 Å². The topological polar surface area (TPSA) is 111 Å². The molecule has 96 valence electrons. The van der Waals surface area contributed by atoms with Crippen LogP contribution in [0.4, 0.5) is 5.95 Å². The number of furan rings is 1. The number of nitrogens with zero attached hydrogens (tertiary/aromatic N) is 2. The minimum atomic E-state index is -3.66. The van der Waals surface area contributed by atoms with E-state index in [1.807, 2.05) is 0 Å². The zero-order valence-electron chi connectivity index (χ0n) is 9.62. The van der Waals surface area contributed by atoms with Crippen molar-refractivity contribution in [3.63, 3.8) is 0 Å². The minimum absolute atomic E-state index is 0.0237. The molecule has 0 aliphatic carbocycles. The highest BCUT2D eigenvalue weighted by atomic mass is 32.2. The van der Waals surface area contributed by atoms with E-state index in [0.717, 1.165) is 18.2 Å². The Morgan fingerprint density at radius 2 is 2.00 bits per heavy atom. The average molecular weight is 268 g/mol. The second-order valence-corrected chi connectivity index (χ2v) is 5.38. The lowest BCUT2D eigenvalue weighted by Crippen LogP contribution is -2.23. The largest absolute Gasteiger partial charge is 0.465 e. The zero-order valence-corrected chi connectivity index (χ0v) is 10.4. The van der Waals surface area contributed by atoms with Gasteiger partial charge in [-0.05, 0) is 19.1 Å². The summed E-state index contributed by atoms with van der Waals surface area (Å²) in [5, 5.41) is 0. The first-order valence-corrected chi connectivity index (χ1v) is 6.58. The molecule has 0 aromatic carbocycles. The van der Waals surface area contributed by atoms with Gasteiger partial charge >= 0.3 is 0 Å². The summed E-state index contributed by atoms with van der Waals surface area (Å²) in [6, 6.07) is 3.47. The van der Waals surface area contributed by atoms with E-state index in [-0.39, 0.29) is 17.4 Å². The molecule has 8 heteroatoms. The molecule has 0 radical (unpaired) electrons. The first-order chi connectivity index (χ1) is 8.47. The Labute approximate surface area is 104 Å². The molecule has 0 aliphatic heterocycles. The SMILES string of the molecule is Cc1ccc(CNS(=O)(=O)c2cnc(N)nc2)o1. The summed E-state index contributed by atoms with van der Waals surface area (Å²) in [5.74, 6) is 1.28. The van der Waals surface area contributed by atoms with E-state index >= 15 is 0 Å². The highest BCUT2D eigenvalue weighted by Gasteiger charge is 2.15. The van der Waals surface area contributed by atoms with Gasteiger partial charge in [0.05, 0.1) is 18.9 Å². The van der Waals surface area contributed by atoms with Crippen molar-refractivity contribution in [1.82, 2.24) is 14.7 Å². The van der Waals surface area contributed by atoms with Crippen LogP contribution in [0.3, 0.4) is 0 Å². The van der Waals surface area contributed by atoms with Gasteiger partial charge < -0.3 is 10.2 Å². The lowest BCUT2D eigenvalue weighted by atomic mass is 10.4. The number of nitrogens with two attached hydrogens (primary N) is 1. The van der Waals surface area contributed by atoms with E-state index in [0.29, 0.717) is 5.76 Å². The van der Waals surface area contributed by atoms with Gasteiger partial charge in [-0.3, -0.25) is 0 Å². The molecule has 2 aromatic rings. The molecular weight excluding hydrogens is 256 g/mol. The molecule has 2 heterocycles. The number of aromatic nitrogens is 2. The maximum absolute atomic E-state index is 11.9. The van der Waals surface area contributed by atoms with Crippen molar-refractivity contribution in [2.24, 2.45) is 0 Å². The van der Waals surface area contributed by atoms with Crippen molar-refractivity contribution < 1.29 is 12.8 Å². The summed E-state index contributed by atoms with van der Waals surface area (Å²) in [6.45, 7) is 1.85. The molecule has 0 spiro atoms. The molecule has 0 saturated carbocycles. The Kier molecular flexibility index (Phi) is 3.30. The van der Waals surface area contributed by atoms with Crippen LogP contribution in [-0.2, 0) is 16.6 Å². The van der Waals surface area contributed by atoms with E-state index in [1.165, 1.54) is 0 Å². The lowest BCUT2D eigenvalue weighted by Gasteiger charge is -2.04. The van der Waals surface area contributed by atoms with Crippen molar-refractivity contribution in [2.75, 3.05) is 5.73 Å². The van der Waals surface area contributed by atoms with Crippen LogP contribution in [0.2, 0.25) is 0 Å². The van der Waals surface area contributed by atoms with E-state index in [9.17, 15) is 8.42 Å². The summed E-state index contributed by atoms with van der Waals surface area (Å²) in [5.41, 5.74) is 5.29. The Bertz CT molecular complexity index is 633. The summed E-state index contributed by atoms with van der Waals surface area (Å²) < 4.78 is 31.3. The van der Waals surface area contributed by atoms with E-state index < -0.39 is 10.0 Å². The number of nitrogens with one attached hydrogen (secondary N) is 1. The monoisotopic (exact) mass is 268 g/mol. The molecular formula is C10H12N4O3S. The first kappa shape index (κ1) is 12.5. The molecule has 0 atom stereocenters. The fourth-order valence-corrected chi connectivity index (χ4v) is 2.18. The number of aryl methyl sites for hydroxylation is 1. The van der Waals surface area contributed by atoms with Gasteiger partial charge in [-0.15, -0.1) is 0 Å². The van der Waals surface area contributed by atoms with Crippen LogP contribution in [0.25, 0.3) is 0 Å². The average Bonchev–Trinajstić information content (AvgIpc) is 2.73. The number of nitrogen functional groups attached to an aromatic ring is 1. The van der Waals surface area contributed by atoms with Gasteiger partial charge in [-0.25, -0.2) is 23.1 Å². The van der Waals surface area contributed by atoms with Crippen molar-refractivity contribution in [3.8, 4) is 0 Å². The molecule has 7 nitrogen and oxygen atoms in total. The highest BCUT2D eigenvalue weighted by Crippen LogP contribution is 2.09. The van der Waals surface area contributed by atoms with Gasteiger partial charge in [0.2, 0.25) is 16.0 Å². The predicted octanol–water partition coefficient (Wildman–Crippen LogP) is 0.439. The third-order valence-electron chi connectivity index (χ3n) is 2.19. The quantitative estimate of drug-likeness (QED) is 0.832. The summed E-state index contributed by atoms with van der Waals surface area (Å²) in [4.78, 5) is 7.22. The van der Waals surface area contributed by atoms with Crippen LogP contribution in [0.1, 0.15) is 11.5 Å². The van der Waals surface area contributed by atoms with Gasteiger partial charge in [0.15, 0.2) is 0 Å². The highest BCUT2D eigenvalue weighted by molar-refractivity contribution is 7.89. The van der Waals surface area contributed by atoms with E-state index in [1.54, 1.807) is 19.1 Å². The molecule has 3 N–H and O–H groups in total. The molecule has 0 bridgehead atoms. The molecule has 2 aromatic heterocycles. The Balaban J connectivity index is 2.10. The van der Waals surface area contributed by atoms with Crippen LogP contribution < -0.4 is 10.5 Å². The number of hydrogen-bond acceptors (Lipinski definition) is 6. The Morgan fingerprint density at radius 1 is 1.33 bits per heavy atom. The lowest BCUT2D eigenvalue weighted by molar-refractivity contribution is 0.475. The van der Waals surface area contributed by atoms with Crippen molar-refractivity contribution in [3.05, 3.63) is 36.0 Å². The summed E-state index contributed by atoms with van der Waals surface area (Å²) in [6.07, 6.45) is 2.30. The second kappa shape index (κ2) is 4.75. The molecule has 0 fully saturated rings. The molecule has 0 amide bonds. The fraction of sp³-hybridized carbons (Fsp3) is 0.200. The van der Waals surface area contributed by atoms with Crippen LogP contribution in [-0.4, -0.2) is 18.4 Å². The molecule has 18 heavy (non-hydrogen) atoms. The summed E-state index contributed by atoms with van der Waals surface area (Å²) in [7, 11) is -3.66. The predicted molar refractivity (Wildman–Crippen MR) is 63.9 cm³/mol.